The molecule has 0 unspecified atom stereocenters. The molecule has 240 valence electrons. The van der Waals surface area contributed by atoms with Crippen LogP contribution in [0.4, 0.5) is 0 Å². The number of aryl methyl sites for hydroxylation is 2. The molecule has 0 atom stereocenters. The number of nitrogens with zero attached hydrogens (tertiary/aromatic N) is 5. The molecule has 0 bridgehead atoms. The number of benzene rings is 5. The fourth-order valence-corrected chi connectivity index (χ4v) is 7.15. The summed E-state index contributed by atoms with van der Waals surface area (Å²) in [4.78, 5) is 6.55. The monoisotopic (exact) mass is 639 g/mol. The maximum atomic E-state index is 6.38. The third-order valence-electron chi connectivity index (χ3n) is 9.50. The Kier molecular flexibility index (Phi) is 8.28. The minimum Gasteiger partial charge on any atom is -0.488 e. The second-order valence-electron chi connectivity index (χ2n) is 12.6. The Morgan fingerprint density at radius 3 is 1.86 bits per heavy atom. The predicted octanol–water partition coefficient (Wildman–Crippen LogP) is 9.01. The van der Waals surface area contributed by atoms with E-state index in [0.717, 1.165) is 63.2 Å². The number of pyridine rings is 1. The van der Waals surface area contributed by atoms with Crippen LogP contribution in [0.1, 0.15) is 52.0 Å². The molecule has 0 spiro atoms. The van der Waals surface area contributed by atoms with Gasteiger partial charge in [-0.3, -0.25) is 4.98 Å². The van der Waals surface area contributed by atoms with Crippen LogP contribution >= 0.6 is 0 Å². The van der Waals surface area contributed by atoms with Crippen molar-refractivity contribution in [3.8, 4) is 28.3 Å². The Morgan fingerprint density at radius 1 is 0.653 bits per heavy atom. The van der Waals surface area contributed by atoms with E-state index >= 15 is 0 Å². The number of fused-ring (bicyclic) bond motifs is 1. The van der Waals surface area contributed by atoms with Crippen molar-refractivity contribution in [2.24, 2.45) is 0 Å². The smallest absolute Gasteiger partial charge is 0.205 e. The summed E-state index contributed by atoms with van der Waals surface area (Å²) in [6.45, 7) is 2.56. The van der Waals surface area contributed by atoms with Gasteiger partial charge in [-0.25, -0.2) is 0 Å². The van der Waals surface area contributed by atoms with Crippen LogP contribution in [0, 0.1) is 6.92 Å². The molecule has 6 nitrogen and oxygen atoms in total. The van der Waals surface area contributed by atoms with Crippen LogP contribution in [0.3, 0.4) is 0 Å². The van der Waals surface area contributed by atoms with Gasteiger partial charge in [0.1, 0.15) is 12.4 Å². The lowest BCUT2D eigenvalue weighted by molar-refractivity contribution is 0.300. The van der Waals surface area contributed by atoms with Gasteiger partial charge >= 0.3 is 0 Å². The molecule has 0 radical (unpaired) electrons. The average Bonchev–Trinajstić information content (AvgIpc) is 3.66. The van der Waals surface area contributed by atoms with E-state index in [0.29, 0.717) is 12.4 Å². The number of rotatable bonds is 9. The second-order valence-corrected chi connectivity index (χ2v) is 12.6. The Balaban J connectivity index is 1.14. The zero-order valence-electron chi connectivity index (χ0n) is 27.5. The van der Waals surface area contributed by atoms with Crippen molar-refractivity contribution >= 4 is 0 Å². The first-order valence-electron chi connectivity index (χ1n) is 17.0. The fourth-order valence-electron chi connectivity index (χ4n) is 7.15. The van der Waals surface area contributed by atoms with Crippen LogP contribution in [-0.4, -0.2) is 25.2 Å². The zero-order valence-corrected chi connectivity index (χ0v) is 27.5. The molecule has 0 fully saturated rings. The molecular formula is C43H37N5O. The lowest BCUT2D eigenvalue weighted by Gasteiger charge is -2.34. The number of hydrogen-bond acceptors (Lipinski definition) is 5. The minimum absolute atomic E-state index is 0.508. The van der Waals surface area contributed by atoms with Gasteiger partial charge in [-0.1, -0.05) is 140 Å². The summed E-state index contributed by atoms with van der Waals surface area (Å²) in [7, 11) is 0. The van der Waals surface area contributed by atoms with Crippen LogP contribution in [0.2, 0.25) is 0 Å². The fraction of sp³-hybridized carbons (Fsp3) is 0.163. The summed E-state index contributed by atoms with van der Waals surface area (Å²) < 4.78 is 6.38. The lowest BCUT2D eigenvalue weighted by atomic mass is 9.77. The number of hydrogen-bond donors (Lipinski definition) is 0. The molecule has 6 heteroatoms. The number of ether oxygens (including phenoxy) is 1. The maximum absolute atomic E-state index is 6.38. The zero-order chi connectivity index (χ0) is 33.0. The van der Waals surface area contributed by atoms with Gasteiger partial charge in [0.15, 0.2) is 5.54 Å². The van der Waals surface area contributed by atoms with E-state index in [-0.39, 0.29) is 0 Å². The molecule has 1 aliphatic rings. The van der Waals surface area contributed by atoms with Crippen molar-refractivity contribution in [2.75, 3.05) is 0 Å². The van der Waals surface area contributed by atoms with Crippen molar-refractivity contribution in [3.63, 3.8) is 0 Å². The van der Waals surface area contributed by atoms with Crippen LogP contribution in [0.25, 0.3) is 22.5 Å². The van der Waals surface area contributed by atoms with E-state index in [4.69, 9.17) is 25.1 Å². The molecule has 0 aliphatic heterocycles. The molecule has 0 N–H and O–H groups in total. The van der Waals surface area contributed by atoms with Crippen LogP contribution in [0.15, 0.2) is 146 Å². The first kappa shape index (κ1) is 30.5. The third kappa shape index (κ3) is 5.80. The van der Waals surface area contributed by atoms with Gasteiger partial charge in [0, 0.05) is 28.6 Å². The summed E-state index contributed by atoms with van der Waals surface area (Å²) >= 11 is 0. The van der Waals surface area contributed by atoms with Crippen LogP contribution in [-0.2, 0) is 25.0 Å². The van der Waals surface area contributed by atoms with E-state index in [9.17, 15) is 0 Å². The Labute approximate surface area is 287 Å². The van der Waals surface area contributed by atoms with Gasteiger partial charge in [-0.2, -0.15) is 0 Å². The SMILES string of the molecule is Cc1cc(OCc2ccc(-c3ccccc3-c3nnn(C(c4ccccc4)(c4ccccc4)c4ccccc4)n3)cc2)c2c(n1)CCCC2. The molecule has 1 aliphatic carbocycles. The van der Waals surface area contributed by atoms with Crippen molar-refractivity contribution in [3.05, 3.63) is 185 Å². The van der Waals surface area contributed by atoms with E-state index < -0.39 is 5.54 Å². The average molecular weight is 640 g/mol. The van der Waals surface area contributed by atoms with E-state index in [2.05, 4.69) is 121 Å². The molecule has 49 heavy (non-hydrogen) atoms. The first-order chi connectivity index (χ1) is 24.2. The molecule has 0 saturated carbocycles. The molecule has 7 aromatic rings. The Morgan fingerprint density at radius 2 is 1.22 bits per heavy atom. The molecule has 8 rings (SSSR count). The van der Waals surface area contributed by atoms with E-state index in [1.165, 1.54) is 24.1 Å². The van der Waals surface area contributed by atoms with Crippen molar-refractivity contribution < 1.29 is 4.74 Å². The Hall–Kier alpha value is -5.88. The molecule has 2 aromatic heterocycles. The van der Waals surface area contributed by atoms with Crippen molar-refractivity contribution in [1.82, 2.24) is 25.2 Å². The highest BCUT2D eigenvalue weighted by molar-refractivity contribution is 5.80. The molecule has 0 saturated heterocycles. The lowest BCUT2D eigenvalue weighted by Crippen LogP contribution is -2.39. The van der Waals surface area contributed by atoms with E-state index in [1.807, 2.05) is 31.2 Å². The highest BCUT2D eigenvalue weighted by Crippen LogP contribution is 2.40. The normalized spacial score (nSPS) is 12.8. The van der Waals surface area contributed by atoms with Gasteiger partial charge < -0.3 is 4.74 Å². The summed E-state index contributed by atoms with van der Waals surface area (Å²) in [5, 5.41) is 14.6. The highest BCUT2D eigenvalue weighted by atomic mass is 16.5. The molecular weight excluding hydrogens is 603 g/mol. The summed E-state index contributed by atoms with van der Waals surface area (Å²) in [6.07, 6.45) is 4.47. The Bertz CT molecular complexity index is 2080. The van der Waals surface area contributed by atoms with Crippen LogP contribution in [0.5, 0.6) is 5.75 Å². The first-order valence-corrected chi connectivity index (χ1v) is 17.0. The predicted molar refractivity (Wildman–Crippen MR) is 193 cm³/mol. The van der Waals surface area contributed by atoms with E-state index in [1.54, 1.807) is 4.80 Å². The summed E-state index contributed by atoms with van der Waals surface area (Å²) in [5.41, 5.74) is 9.94. The second kappa shape index (κ2) is 13.3. The summed E-state index contributed by atoms with van der Waals surface area (Å²) in [5.74, 6) is 1.54. The van der Waals surface area contributed by atoms with Gasteiger partial charge in [-0.15, -0.1) is 15.0 Å². The highest BCUT2D eigenvalue weighted by Gasteiger charge is 2.41. The largest absolute Gasteiger partial charge is 0.488 e. The maximum Gasteiger partial charge on any atom is 0.205 e. The topological polar surface area (TPSA) is 65.7 Å². The van der Waals surface area contributed by atoms with Gasteiger partial charge in [0.2, 0.25) is 5.82 Å². The number of aromatic nitrogens is 5. The van der Waals surface area contributed by atoms with Gasteiger partial charge in [0.05, 0.1) is 0 Å². The molecule has 0 amide bonds. The summed E-state index contributed by atoms with van der Waals surface area (Å²) in [6, 6.07) is 50.2. The standard InChI is InChI=1S/C43H37N5O/c1-31-29-41(39-23-13-14-24-40(39)44-31)49-30-32-25-27-33(28-26-32)37-21-11-12-22-38(37)42-45-47-48(46-42)43(34-15-5-2-6-16-34,35-17-7-3-8-18-35)36-19-9-4-10-20-36/h2-12,15-22,25-29H,13-14,23-24,30H2,1H3. The minimum atomic E-state index is -0.835. The van der Waals surface area contributed by atoms with Crippen LogP contribution < -0.4 is 4.74 Å². The van der Waals surface area contributed by atoms with Gasteiger partial charge in [0.25, 0.3) is 0 Å². The van der Waals surface area contributed by atoms with Crippen molar-refractivity contribution in [1.29, 1.82) is 0 Å². The van der Waals surface area contributed by atoms with Crippen molar-refractivity contribution in [2.45, 2.75) is 44.8 Å². The third-order valence-corrected chi connectivity index (χ3v) is 9.50. The van der Waals surface area contributed by atoms with Gasteiger partial charge in [-0.05, 0) is 71.2 Å². The molecule has 5 aromatic carbocycles. The molecule has 2 heterocycles. The quantitative estimate of drug-likeness (QED) is 0.148. The number of tetrazole rings is 1.